The summed E-state index contributed by atoms with van der Waals surface area (Å²) < 4.78 is 6.02. The van der Waals surface area contributed by atoms with Gasteiger partial charge in [0.1, 0.15) is 18.2 Å². The van der Waals surface area contributed by atoms with Gasteiger partial charge in [-0.2, -0.15) is 0 Å². The SMILES string of the molecule is COCc1nc(NN)cc(Nc2ccc(Cl)cc2I)n1. The zero-order valence-electron chi connectivity index (χ0n) is 10.7. The minimum absolute atomic E-state index is 0.307. The molecule has 0 amide bonds. The predicted molar refractivity (Wildman–Crippen MR) is 88.0 cm³/mol. The van der Waals surface area contributed by atoms with Gasteiger partial charge in [-0.25, -0.2) is 15.8 Å². The molecule has 0 bridgehead atoms. The number of hydrogen-bond acceptors (Lipinski definition) is 6. The highest BCUT2D eigenvalue weighted by atomic mass is 127. The first-order chi connectivity index (χ1) is 9.62. The summed E-state index contributed by atoms with van der Waals surface area (Å²) in [5, 5.41) is 3.89. The van der Waals surface area contributed by atoms with Crippen molar-refractivity contribution < 1.29 is 4.74 Å². The van der Waals surface area contributed by atoms with Crippen LogP contribution in [0.25, 0.3) is 0 Å². The number of methoxy groups -OCH3 is 1. The Balaban J connectivity index is 2.29. The second kappa shape index (κ2) is 7.02. The Hall–Kier alpha value is -1.16. The number of nitrogens with one attached hydrogen (secondary N) is 2. The number of hydrogen-bond donors (Lipinski definition) is 3. The molecule has 2 aromatic rings. The van der Waals surface area contributed by atoms with Crippen LogP contribution in [0.1, 0.15) is 5.82 Å². The van der Waals surface area contributed by atoms with E-state index >= 15 is 0 Å². The molecule has 0 fully saturated rings. The number of nitrogens with two attached hydrogens (primary N) is 1. The molecule has 0 aliphatic carbocycles. The fourth-order valence-electron chi connectivity index (χ4n) is 1.56. The number of hydrazine groups is 1. The Kier molecular flexibility index (Phi) is 5.35. The van der Waals surface area contributed by atoms with Crippen LogP contribution in [0.15, 0.2) is 24.3 Å². The molecule has 8 heteroatoms. The van der Waals surface area contributed by atoms with Crippen molar-refractivity contribution in [3.05, 3.63) is 38.7 Å². The monoisotopic (exact) mass is 405 g/mol. The zero-order valence-corrected chi connectivity index (χ0v) is 13.6. The Labute approximate surface area is 135 Å². The zero-order chi connectivity index (χ0) is 14.5. The van der Waals surface area contributed by atoms with Gasteiger partial charge in [-0.3, -0.25) is 0 Å². The van der Waals surface area contributed by atoms with Gasteiger partial charge in [0.2, 0.25) is 0 Å². The lowest BCUT2D eigenvalue weighted by atomic mass is 10.3. The first kappa shape index (κ1) is 15.2. The van der Waals surface area contributed by atoms with Gasteiger partial charge < -0.3 is 15.5 Å². The first-order valence-corrected chi connectivity index (χ1v) is 7.13. The lowest BCUT2D eigenvalue weighted by Crippen LogP contribution is -2.12. The molecule has 106 valence electrons. The van der Waals surface area contributed by atoms with Crippen molar-refractivity contribution in [1.82, 2.24) is 9.97 Å². The maximum Gasteiger partial charge on any atom is 0.158 e. The van der Waals surface area contributed by atoms with E-state index in [4.69, 9.17) is 22.2 Å². The lowest BCUT2D eigenvalue weighted by molar-refractivity contribution is 0.178. The lowest BCUT2D eigenvalue weighted by Gasteiger charge is -2.11. The standard InChI is InChI=1S/C12H13ClIN5O/c1-20-6-12-17-10(5-11(18-12)19-15)16-9-3-2-7(13)4-8(9)14/h2-5H,6,15H2,1H3,(H2,16,17,18,19). The number of nitrogen functional groups attached to an aromatic ring is 1. The van der Waals surface area contributed by atoms with Crippen LogP contribution in [0.2, 0.25) is 5.02 Å². The predicted octanol–water partition coefficient (Wildman–Crippen LogP) is 2.91. The summed E-state index contributed by atoms with van der Waals surface area (Å²) in [6.45, 7) is 0.307. The van der Waals surface area contributed by atoms with Gasteiger partial charge in [0.25, 0.3) is 0 Å². The Bertz CT molecular complexity index is 610. The maximum atomic E-state index is 5.93. The first-order valence-electron chi connectivity index (χ1n) is 5.68. The highest BCUT2D eigenvalue weighted by Crippen LogP contribution is 2.25. The highest BCUT2D eigenvalue weighted by molar-refractivity contribution is 14.1. The van der Waals surface area contributed by atoms with Gasteiger partial charge >= 0.3 is 0 Å². The molecular weight excluding hydrogens is 393 g/mol. The number of anilines is 3. The molecule has 0 radical (unpaired) electrons. The van der Waals surface area contributed by atoms with E-state index in [2.05, 4.69) is 43.3 Å². The van der Waals surface area contributed by atoms with Crippen LogP contribution in [0, 0.1) is 3.57 Å². The topological polar surface area (TPSA) is 85.1 Å². The van der Waals surface area contributed by atoms with E-state index in [1.807, 2.05) is 18.2 Å². The minimum atomic E-state index is 0.307. The Morgan fingerprint density at radius 3 is 2.70 bits per heavy atom. The van der Waals surface area contributed by atoms with Crippen LogP contribution in [-0.4, -0.2) is 17.1 Å². The van der Waals surface area contributed by atoms with Crippen molar-refractivity contribution in [3.63, 3.8) is 0 Å². The van der Waals surface area contributed by atoms with E-state index in [1.54, 1.807) is 13.2 Å². The number of benzene rings is 1. The van der Waals surface area contributed by atoms with Gasteiger partial charge in [0, 0.05) is 21.8 Å². The average molecular weight is 406 g/mol. The third-order valence-electron chi connectivity index (χ3n) is 2.39. The Morgan fingerprint density at radius 2 is 2.05 bits per heavy atom. The van der Waals surface area contributed by atoms with E-state index < -0.39 is 0 Å². The molecule has 6 nitrogen and oxygen atoms in total. The van der Waals surface area contributed by atoms with E-state index in [9.17, 15) is 0 Å². The molecule has 4 N–H and O–H groups in total. The smallest absolute Gasteiger partial charge is 0.158 e. The van der Waals surface area contributed by atoms with E-state index in [1.165, 1.54) is 0 Å². The molecule has 2 rings (SSSR count). The number of ether oxygens (including phenoxy) is 1. The summed E-state index contributed by atoms with van der Waals surface area (Å²) in [5.74, 6) is 7.07. The number of aromatic nitrogens is 2. The number of halogens is 2. The summed E-state index contributed by atoms with van der Waals surface area (Å²) in [4.78, 5) is 8.54. The minimum Gasteiger partial charge on any atom is -0.377 e. The third kappa shape index (κ3) is 3.92. The molecule has 20 heavy (non-hydrogen) atoms. The van der Waals surface area contributed by atoms with Crippen molar-refractivity contribution in [2.75, 3.05) is 17.9 Å². The molecule has 0 spiro atoms. The molecule has 0 saturated heterocycles. The molecule has 1 aromatic heterocycles. The van der Waals surface area contributed by atoms with Crippen LogP contribution >= 0.6 is 34.2 Å². The molecule has 0 aliphatic rings. The average Bonchev–Trinajstić information content (AvgIpc) is 2.42. The molecule has 1 heterocycles. The second-order valence-corrected chi connectivity index (χ2v) is 5.48. The van der Waals surface area contributed by atoms with Crippen LogP contribution < -0.4 is 16.6 Å². The maximum absolute atomic E-state index is 5.93. The molecule has 0 saturated carbocycles. The summed E-state index contributed by atoms with van der Waals surface area (Å²) in [6.07, 6.45) is 0. The summed E-state index contributed by atoms with van der Waals surface area (Å²) >= 11 is 8.13. The molecular formula is C12H13ClIN5O. The van der Waals surface area contributed by atoms with E-state index in [-0.39, 0.29) is 0 Å². The summed E-state index contributed by atoms with van der Waals surface area (Å²) in [6, 6.07) is 7.27. The van der Waals surface area contributed by atoms with Gasteiger partial charge in [-0.1, -0.05) is 11.6 Å². The van der Waals surface area contributed by atoms with Gasteiger partial charge in [-0.05, 0) is 40.8 Å². The fourth-order valence-corrected chi connectivity index (χ4v) is 2.56. The summed E-state index contributed by atoms with van der Waals surface area (Å²) in [5.41, 5.74) is 3.41. The van der Waals surface area contributed by atoms with Crippen LogP contribution in [0.3, 0.4) is 0 Å². The number of rotatable bonds is 5. The van der Waals surface area contributed by atoms with Crippen molar-refractivity contribution in [2.24, 2.45) is 5.84 Å². The second-order valence-electron chi connectivity index (χ2n) is 3.88. The van der Waals surface area contributed by atoms with Gasteiger partial charge in [0.05, 0.1) is 5.69 Å². The molecule has 0 unspecified atom stereocenters. The van der Waals surface area contributed by atoms with Crippen molar-refractivity contribution in [1.29, 1.82) is 0 Å². The molecule has 0 atom stereocenters. The third-order valence-corrected chi connectivity index (χ3v) is 3.52. The van der Waals surface area contributed by atoms with Crippen molar-refractivity contribution in [2.45, 2.75) is 6.61 Å². The van der Waals surface area contributed by atoms with Crippen LogP contribution in [-0.2, 0) is 11.3 Å². The molecule has 1 aromatic carbocycles. The number of nitrogens with zero attached hydrogens (tertiary/aromatic N) is 2. The van der Waals surface area contributed by atoms with E-state index in [0.29, 0.717) is 29.1 Å². The molecule has 0 aliphatic heterocycles. The largest absolute Gasteiger partial charge is 0.377 e. The quantitative estimate of drug-likeness (QED) is 0.403. The van der Waals surface area contributed by atoms with Gasteiger partial charge in [-0.15, -0.1) is 0 Å². The van der Waals surface area contributed by atoms with Crippen LogP contribution in [0.5, 0.6) is 0 Å². The van der Waals surface area contributed by atoms with E-state index in [0.717, 1.165) is 9.26 Å². The normalized spacial score (nSPS) is 10.4. The van der Waals surface area contributed by atoms with Crippen molar-refractivity contribution in [3.8, 4) is 0 Å². The Morgan fingerprint density at radius 1 is 1.30 bits per heavy atom. The van der Waals surface area contributed by atoms with Crippen LogP contribution in [0.4, 0.5) is 17.3 Å². The van der Waals surface area contributed by atoms with Gasteiger partial charge in [0.15, 0.2) is 5.82 Å². The fraction of sp³-hybridized carbons (Fsp3) is 0.167. The summed E-state index contributed by atoms with van der Waals surface area (Å²) in [7, 11) is 1.58. The van der Waals surface area contributed by atoms with Crippen molar-refractivity contribution >= 4 is 51.5 Å². The highest BCUT2D eigenvalue weighted by Gasteiger charge is 2.06.